The summed E-state index contributed by atoms with van der Waals surface area (Å²) in [4.78, 5) is 12.0. The van der Waals surface area contributed by atoms with Crippen LogP contribution in [-0.4, -0.2) is 28.8 Å². The molecule has 1 fully saturated rings. The Labute approximate surface area is 113 Å². The van der Waals surface area contributed by atoms with Crippen molar-refractivity contribution in [3.63, 3.8) is 0 Å². The molecule has 2 N–H and O–H groups in total. The minimum atomic E-state index is 0.0295. The monoisotopic (exact) mass is 266 g/mol. The summed E-state index contributed by atoms with van der Waals surface area (Å²) >= 11 is 0. The minimum absolute atomic E-state index is 0.0295. The van der Waals surface area contributed by atoms with E-state index in [9.17, 15) is 4.79 Å². The van der Waals surface area contributed by atoms with Crippen molar-refractivity contribution in [2.24, 2.45) is 5.92 Å². The molecule has 0 unspecified atom stereocenters. The van der Waals surface area contributed by atoms with E-state index in [1.807, 2.05) is 13.8 Å². The number of aliphatic hydroxyl groups excluding tert-OH is 1. The second-order valence-electron chi connectivity index (χ2n) is 5.45. The number of hydrogen-bond donors (Lipinski definition) is 2. The van der Waals surface area contributed by atoms with Crippen LogP contribution in [0.4, 0.5) is 0 Å². The van der Waals surface area contributed by atoms with Gasteiger partial charge in [0.15, 0.2) is 0 Å². The Kier molecular flexibility index (Phi) is 4.58. The summed E-state index contributed by atoms with van der Waals surface area (Å²) in [6.07, 6.45) is 4.23. The van der Waals surface area contributed by atoms with Crippen LogP contribution >= 0.6 is 0 Å². The van der Waals surface area contributed by atoms with E-state index in [2.05, 4.69) is 10.5 Å². The van der Waals surface area contributed by atoms with Crippen LogP contribution in [0, 0.1) is 19.8 Å². The Balaban J connectivity index is 1.82. The van der Waals surface area contributed by atoms with Gasteiger partial charge >= 0.3 is 0 Å². The van der Waals surface area contributed by atoms with Crippen LogP contribution in [0.5, 0.6) is 0 Å². The van der Waals surface area contributed by atoms with E-state index >= 15 is 0 Å². The van der Waals surface area contributed by atoms with E-state index in [4.69, 9.17) is 9.63 Å². The molecular weight excluding hydrogens is 244 g/mol. The van der Waals surface area contributed by atoms with Gasteiger partial charge in [-0.25, -0.2) is 0 Å². The van der Waals surface area contributed by atoms with Crippen molar-refractivity contribution in [1.82, 2.24) is 10.5 Å². The normalized spacial score (nSPS) is 23.3. The molecule has 106 valence electrons. The molecule has 0 saturated heterocycles. The number of aliphatic hydroxyl groups is 1. The molecule has 0 bridgehead atoms. The van der Waals surface area contributed by atoms with E-state index in [1.165, 1.54) is 0 Å². The fourth-order valence-corrected chi connectivity index (χ4v) is 2.68. The van der Waals surface area contributed by atoms with Crippen molar-refractivity contribution in [3.8, 4) is 0 Å². The van der Waals surface area contributed by atoms with Crippen molar-refractivity contribution < 1.29 is 14.4 Å². The quantitative estimate of drug-likeness (QED) is 0.866. The lowest BCUT2D eigenvalue weighted by atomic mass is 9.86. The van der Waals surface area contributed by atoms with E-state index in [-0.39, 0.29) is 18.6 Å². The highest BCUT2D eigenvalue weighted by molar-refractivity contribution is 5.79. The zero-order valence-electron chi connectivity index (χ0n) is 11.6. The summed E-state index contributed by atoms with van der Waals surface area (Å²) in [5, 5.41) is 16.0. The molecule has 1 amide bonds. The summed E-state index contributed by atoms with van der Waals surface area (Å²) in [6, 6.07) is 0.246. The molecule has 2 rings (SSSR count). The zero-order chi connectivity index (χ0) is 13.8. The predicted octanol–water partition coefficient (Wildman–Crippen LogP) is 1.50. The van der Waals surface area contributed by atoms with Crippen LogP contribution in [0.15, 0.2) is 4.52 Å². The van der Waals surface area contributed by atoms with Gasteiger partial charge in [0.1, 0.15) is 5.76 Å². The van der Waals surface area contributed by atoms with Crippen LogP contribution in [0.3, 0.4) is 0 Å². The molecular formula is C14H22N2O3. The number of aryl methyl sites for hydroxylation is 2. The molecule has 1 aliphatic carbocycles. The third-order valence-electron chi connectivity index (χ3n) is 3.99. The lowest BCUT2D eigenvalue weighted by Crippen LogP contribution is -2.38. The standard InChI is InChI=1S/C14H22N2O3/c1-9-13(10(2)19-16-9)7-14(18)15-12-5-3-11(8-17)4-6-12/h11-12,17H,3-8H2,1-2H3,(H,15,18). The second kappa shape index (κ2) is 6.19. The Bertz CT molecular complexity index is 414. The Morgan fingerprint density at radius 3 is 2.58 bits per heavy atom. The summed E-state index contributed by atoms with van der Waals surface area (Å²) in [6.45, 7) is 3.94. The first-order valence-corrected chi connectivity index (χ1v) is 6.92. The lowest BCUT2D eigenvalue weighted by Gasteiger charge is -2.27. The highest BCUT2D eigenvalue weighted by atomic mass is 16.5. The maximum Gasteiger partial charge on any atom is 0.224 e. The Morgan fingerprint density at radius 1 is 1.37 bits per heavy atom. The van der Waals surface area contributed by atoms with E-state index < -0.39 is 0 Å². The zero-order valence-corrected chi connectivity index (χ0v) is 11.6. The number of nitrogens with one attached hydrogen (secondary N) is 1. The van der Waals surface area contributed by atoms with Crippen LogP contribution in [0.1, 0.15) is 42.7 Å². The van der Waals surface area contributed by atoms with Crippen LogP contribution in [0.25, 0.3) is 0 Å². The van der Waals surface area contributed by atoms with Crippen molar-refractivity contribution in [2.45, 2.75) is 52.0 Å². The molecule has 1 aromatic rings. The van der Waals surface area contributed by atoms with E-state index in [1.54, 1.807) is 0 Å². The summed E-state index contributed by atoms with van der Waals surface area (Å²) in [5.74, 6) is 1.16. The van der Waals surface area contributed by atoms with Crippen LogP contribution in [0.2, 0.25) is 0 Å². The van der Waals surface area contributed by atoms with Crippen LogP contribution < -0.4 is 5.32 Å². The van der Waals surface area contributed by atoms with Gasteiger partial charge in [0.25, 0.3) is 0 Å². The largest absolute Gasteiger partial charge is 0.396 e. The first kappa shape index (κ1) is 14.1. The fourth-order valence-electron chi connectivity index (χ4n) is 2.68. The molecule has 0 radical (unpaired) electrons. The number of nitrogens with zero attached hydrogens (tertiary/aromatic N) is 1. The Morgan fingerprint density at radius 2 is 2.05 bits per heavy atom. The molecule has 0 aliphatic heterocycles. The molecule has 1 aromatic heterocycles. The summed E-state index contributed by atoms with van der Waals surface area (Å²) < 4.78 is 5.06. The number of rotatable bonds is 4. The lowest BCUT2D eigenvalue weighted by molar-refractivity contribution is -0.121. The minimum Gasteiger partial charge on any atom is -0.396 e. The number of amides is 1. The molecule has 0 aromatic carbocycles. The average Bonchev–Trinajstić information content (AvgIpc) is 2.71. The topological polar surface area (TPSA) is 75.4 Å². The average molecular weight is 266 g/mol. The van der Waals surface area contributed by atoms with Gasteiger partial charge in [-0.05, 0) is 45.4 Å². The van der Waals surface area contributed by atoms with Gasteiger partial charge in [-0.1, -0.05) is 5.16 Å². The van der Waals surface area contributed by atoms with Gasteiger partial charge in [0.2, 0.25) is 5.91 Å². The number of hydrogen-bond acceptors (Lipinski definition) is 4. The van der Waals surface area contributed by atoms with Gasteiger partial charge < -0.3 is 14.9 Å². The third-order valence-corrected chi connectivity index (χ3v) is 3.99. The molecule has 19 heavy (non-hydrogen) atoms. The maximum atomic E-state index is 12.0. The number of carbonyl (C=O) groups excluding carboxylic acids is 1. The molecule has 0 spiro atoms. The van der Waals surface area contributed by atoms with Crippen molar-refractivity contribution in [3.05, 3.63) is 17.0 Å². The number of aromatic nitrogens is 1. The van der Waals surface area contributed by atoms with Crippen LogP contribution in [-0.2, 0) is 11.2 Å². The molecule has 1 saturated carbocycles. The van der Waals surface area contributed by atoms with E-state index in [0.29, 0.717) is 12.3 Å². The highest BCUT2D eigenvalue weighted by Gasteiger charge is 2.22. The molecule has 5 heteroatoms. The van der Waals surface area contributed by atoms with E-state index in [0.717, 1.165) is 42.7 Å². The van der Waals surface area contributed by atoms with Gasteiger partial charge in [0.05, 0.1) is 12.1 Å². The fraction of sp³-hybridized carbons (Fsp3) is 0.714. The Hall–Kier alpha value is -1.36. The van der Waals surface area contributed by atoms with Gasteiger partial charge in [-0.2, -0.15) is 0 Å². The SMILES string of the molecule is Cc1noc(C)c1CC(=O)NC1CCC(CO)CC1. The summed E-state index contributed by atoms with van der Waals surface area (Å²) in [7, 11) is 0. The predicted molar refractivity (Wildman–Crippen MR) is 70.7 cm³/mol. The first-order chi connectivity index (χ1) is 9.10. The smallest absolute Gasteiger partial charge is 0.224 e. The molecule has 1 aliphatic rings. The number of carbonyl (C=O) groups is 1. The van der Waals surface area contributed by atoms with Gasteiger partial charge in [0, 0.05) is 18.2 Å². The highest BCUT2D eigenvalue weighted by Crippen LogP contribution is 2.23. The van der Waals surface area contributed by atoms with Gasteiger partial charge in [-0.15, -0.1) is 0 Å². The van der Waals surface area contributed by atoms with Crippen molar-refractivity contribution in [1.29, 1.82) is 0 Å². The molecule has 0 atom stereocenters. The summed E-state index contributed by atoms with van der Waals surface area (Å²) in [5.41, 5.74) is 1.68. The van der Waals surface area contributed by atoms with Crippen molar-refractivity contribution >= 4 is 5.91 Å². The molecule has 1 heterocycles. The van der Waals surface area contributed by atoms with Crippen molar-refractivity contribution in [2.75, 3.05) is 6.61 Å². The first-order valence-electron chi connectivity index (χ1n) is 6.92. The molecule has 5 nitrogen and oxygen atoms in total. The maximum absolute atomic E-state index is 12.0. The second-order valence-corrected chi connectivity index (χ2v) is 5.45. The third kappa shape index (κ3) is 3.56. The van der Waals surface area contributed by atoms with Gasteiger partial charge in [-0.3, -0.25) is 4.79 Å².